The van der Waals surface area contributed by atoms with Gasteiger partial charge in [0.25, 0.3) is 0 Å². The van der Waals surface area contributed by atoms with Crippen molar-refractivity contribution in [1.82, 2.24) is 10.2 Å². The molecule has 5 heteroatoms. The molecular weight excluding hydrogens is 294 g/mol. The van der Waals surface area contributed by atoms with Crippen molar-refractivity contribution in [1.29, 1.82) is 0 Å². The number of morpholine rings is 1. The van der Waals surface area contributed by atoms with Crippen LogP contribution in [0.25, 0.3) is 0 Å². The molecule has 22 heavy (non-hydrogen) atoms. The highest BCUT2D eigenvalue weighted by Crippen LogP contribution is 2.36. The second-order valence-corrected chi connectivity index (χ2v) is 8.06. The van der Waals surface area contributed by atoms with Crippen LogP contribution >= 0.6 is 11.3 Å². The number of ether oxygens (including phenoxy) is 1. The van der Waals surface area contributed by atoms with E-state index in [2.05, 4.69) is 60.1 Å². The molecule has 1 aliphatic rings. The molecule has 4 nitrogen and oxygen atoms in total. The van der Waals surface area contributed by atoms with Crippen LogP contribution in [-0.2, 0) is 4.74 Å². The minimum absolute atomic E-state index is 0.0726. The minimum Gasteiger partial charge on any atom is -0.366 e. The van der Waals surface area contributed by atoms with Crippen LogP contribution in [0.15, 0.2) is 30.3 Å². The summed E-state index contributed by atoms with van der Waals surface area (Å²) >= 11 is 1.65. The van der Waals surface area contributed by atoms with Gasteiger partial charge in [-0.1, -0.05) is 62.4 Å². The predicted molar refractivity (Wildman–Crippen MR) is 90.4 cm³/mol. The topological polar surface area (TPSA) is 38.2 Å². The molecule has 0 saturated carbocycles. The van der Waals surface area contributed by atoms with Gasteiger partial charge in [0.2, 0.25) is 5.13 Å². The van der Waals surface area contributed by atoms with E-state index in [4.69, 9.17) is 4.74 Å². The first-order valence-electron chi connectivity index (χ1n) is 7.69. The van der Waals surface area contributed by atoms with Crippen LogP contribution in [0.1, 0.15) is 37.4 Å². The Kier molecular flexibility index (Phi) is 4.19. The van der Waals surface area contributed by atoms with E-state index in [1.54, 1.807) is 11.3 Å². The lowest BCUT2D eigenvalue weighted by Crippen LogP contribution is -2.49. The lowest BCUT2D eigenvalue weighted by atomic mass is 9.87. The Labute approximate surface area is 136 Å². The maximum atomic E-state index is 6.41. The molecule has 0 aliphatic carbocycles. The van der Waals surface area contributed by atoms with Gasteiger partial charge in [-0.3, -0.25) is 0 Å². The fourth-order valence-electron chi connectivity index (χ4n) is 2.66. The zero-order valence-corrected chi connectivity index (χ0v) is 14.4. The SMILES string of the molecule is Cc1nnc(N2C[C@@H](c3ccccc3)O[C@@H](C(C)(C)C)C2)s1. The molecular formula is C17H23N3OS. The summed E-state index contributed by atoms with van der Waals surface area (Å²) in [5, 5.41) is 10.5. The van der Waals surface area contributed by atoms with Crippen LogP contribution in [0, 0.1) is 12.3 Å². The molecule has 1 saturated heterocycles. The number of aryl methyl sites for hydroxylation is 1. The number of hydrogen-bond acceptors (Lipinski definition) is 5. The quantitative estimate of drug-likeness (QED) is 0.843. The van der Waals surface area contributed by atoms with Crippen LogP contribution in [0.5, 0.6) is 0 Å². The fourth-order valence-corrected chi connectivity index (χ4v) is 3.36. The fraction of sp³-hybridized carbons (Fsp3) is 0.529. The summed E-state index contributed by atoms with van der Waals surface area (Å²) < 4.78 is 6.41. The van der Waals surface area contributed by atoms with Crippen molar-refractivity contribution < 1.29 is 4.74 Å². The Morgan fingerprint density at radius 3 is 2.45 bits per heavy atom. The molecule has 1 aromatic carbocycles. The molecule has 0 N–H and O–H groups in total. The maximum Gasteiger partial charge on any atom is 0.208 e. The zero-order valence-electron chi connectivity index (χ0n) is 13.6. The molecule has 1 aromatic heterocycles. The molecule has 1 aliphatic heterocycles. The van der Waals surface area contributed by atoms with Crippen molar-refractivity contribution in [3.8, 4) is 0 Å². The van der Waals surface area contributed by atoms with E-state index >= 15 is 0 Å². The van der Waals surface area contributed by atoms with Crippen molar-refractivity contribution in [2.24, 2.45) is 5.41 Å². The highest BCUT2D eigenvalue weighted by molar-refractivity contribution is 7.15. The van der Waals surface area contributed by atoms with E-state index < -0.39 is 0 Å². The first kappa shape index (κ1) is 15.4. The van der Waals surface area contributed by atoms with Gasteiger partial charge in [-0.2, -0.15) is 0 Å². The highest BCUT2D eigenvalue weighted by atomic mass is 32.1. The Morgan fingerprint density at radius 2 is 1.86 bits per heavy atom. The molecule has 0 amide bonds. The molecule has 2 atom stereocenters. The van der Waals surface area contributed by atoms with Crippen molar-refractivity contribution in [2.45, 2.75) is 39.9 Å². The molecule has 0 unspecified atom stereocenters. The summed E-state index contributed by atoms with van der Waals surface area (Å²) in [5.41, 5.74) is 1.31. The minimum atomic E-state index is 0.0726. The molecule has 0 spiro atoms. The monoisotopic (exact) mass is 317 g/mol. The lowest BCUT2D eigenvalue weighted by molar-refractivity contribution is -0.0791. The Hall–Kier alpha value is -1.46. The number of rotatable bonds is 2. The van der Waals surface area contributed by atoms with Crippen LogP contribution < -0.4 is 4.90 Å². The summed E-state index contributed by atoms with van der Waals surface area (Å²) in [5.74, 6) is 0. The predicted octanol–water partition coefficient (Wildman–Crippen LogP) is 3.84. The third kappa shape index (κ3) is 3.31. The molecule has 1 fully saturated rings. The molecule has 3 rings (SSSR count). The highest BCUT2D eigenvalue weighted by Gasteiger charge is 2.36. The molecule has 0 bridgehead atoms. The van der Waals surface area contributed by atoms with E-state index in [0.29, 0.717) is 0 Å². The number of nitrogens with zero attached hydrogens (tertiary/aromatic N) is 3. The van der Waals surface area contributed by atoms with E-state index in [9.17, 15) is 0 Å². The van der Waals surface area contributed by atoms with Gasteiger partial charge in [0.05, 0.1) is 12.6 Å². The van der Waals surface area contributed by atoms with E-state index in [-0.39, 0.29) is 17.6 Å². The van der Waals surface area contributed by atoms with E-state index in [1.807, 2.05) is 13.0 Å². The number of benzene rings is 1. The number of anilines is 1. The van der Waals surface area contributed by atoms with Gasteiger partial charge in [-0.25, -0.2) is 0 Å². The first-order valence-corrected chi connectivity index (χ1v) is 8.50. The summed E-state index contributed by atoms with van der Waals surface area (Å²) in [6.07, 6.45) is 0.235. The third-order valence-corrected chi connectivity index (χ3v) is 4.92. The largest absolute Gasteiger partial charge is 0.366 e. The van der Waals surface area contributed by atoms with Gasteiger partial charge in [0.1, 0.15) is 11.1 Å². The van der Waals surface area contributed by atoms with E-state index in [1.165, 1.54) is 5.56 Å². The average molecular weight is 317 g/mol. The van der Waals surface area contributed by atoms with Crippen LogP contribution in [0.2, 0.25) is 0 Å². The van der Waals surface area contributed by atoms with Gasteiger partial charge < -0.3 is 9.64 Å². The van der Waals surface area contributed by atoms with Crippen LogP contribution in [-0.4, -0.2) is 29.4 Å². The van der Waals surface area contributed by atoms with Gasteiger partial charge >= 0.3 is 0 Å². The smallest absolute Gasteiger partial charge is 0.208 e. The Bertz CT molecular complexity index is 620. The van der Waals surface area contributed by atoms with Crippen molar-refractivity contribution in [3.05, 3.63) is 40.9 Å². The van der Waals surface area contributed by atoms with Gasteiger partial charge in [0.15, 0.2) is 0 Å². The normalized spacial score (nSPS) is 22.8. The molecule has 0 radical (unpaired) electrons. The molecule has 2 aromatic rings. The Balaban J connectivity index is 1.88. The van der Waals surface area contributed by atoms with Crippen molar-refractivity contribution >= 4 is 16.5 Å². The van der Waals surface area contributed by atoms with E-state index in [0.717, 1.165) is 23.2 Å². The van der Waals surface area contributed by atoms with Crippen molar-refractivity contribution in [2.75, 3.05) is 18.0 Å². The zero-order chi connectivity index (χ0) is 15.7. The second-order valence-electron chi connectivity index (χ2n) is 6.90. The van der Waals surface area contributed by atoms with Gasteiger partial charge in [0, 0.05) is 6.54 Å². The van der Waals surface area contributed by atoms with Gasteiger partial charge in [-0.05, 0) is 17.9 Å². The number of hydrogen-bond donors (Lipinski definition) is 0. The van der Waals surface area contributed by atoms with Crippen LogP contribution in [0.3, 0.4) is 0 Å². The summed E-state index contributed by atoms with van der Waals surface area (Å²) in [6, 6.07) is 10.5. The van der Waals surface area contributed by atoms with Crippen LogP contribution in [0.4, 0.5) is 5.13 Å². The average Bonchev–Trinajstić information content (AvgIpc) is 2.93. The summed E-state index contributed by atoms with van der Waals surface area (Å²) in [7, 11) is 0. The van der Waals surface area contributed by atoms with Gasteiger partial charge in [-0.15, -0.1) is 10.2 Å². The summed E-state index contributed by atoms with van der Waals surface area (Å²) in [6.45, 7) is 10.4. The molecule has 2 heterocycles. The first-order chi connectivity index (χ1) is 10.4. The second kappa shape index (κ2) is 5.97. The third-order valence-electron chi connectivity index (χ3n) is 4.02. The standard InChI is InChI=1S/C17H23N3OS/c1-12-18-19-16(22-12)20-10-14(13-8-6-5-7-9-13)21-15(11-20)17(2,3)4/h5-9,14-15H,10-11H2,1-4H3/t14-,15+/m0/s1. The Morgan fingerprint density at radius 1 is 1.14 bits per heavy atom. The lowest BCUT2D eigenvalue weighted by Gasteiger charge is -2.43. The number of aromatic nitrogens is 2. The maximum absolute atomic E-state index is 6.41. The van der Waals surface area contributed by atoms with Crippen molar-refractivity contribution in [3.63, 3.8) is 0 Å². The summed E-state index contributed by atoms with van der Waals surface area (Å²) in [4.78, 5) is 2.32. The molecule has 118 valence electrons.